The van der Waals surface area contributed by atoms with Gasteiger partial charge in [-0.2, -0.15) is 0 Å². The highest BCUT2D eigenvalue weighted by Gasteiger charge is 2.23. The lowest BCUT2D eigenvalue weighted by Crippen LogP contribution is -2.87. The standard InChI is InChI=1S/C23H21BrN2O3/c1-29-21(27)15-25-22(16-8-4-2-5-9-16)19-14-18(24)12-13-20(19)26-23(28)17-10-6-3-7-11-17/h2-14,22,25H,15H2,1H3,(H,26,28)/p+1/t22-/m1/s1. The Balaban J connectivity index is 1.97. The summed E-state index contributed by atoms with van der Waals surface area (Å²) in [5.41, 5.74) is 3.18. The lowest BCUT2D eigenvalue weighted by molar-refractivity contribution is -0.677. The van der Waals surface area contributed by atoms with Crippen LogP contribution in [0.5, 0.6) is 0 Å². The maximum atomic E-state index is 12.7. The molecule has 6 heteroatoms. The largest absolute Gasteiger partial charge is 0.465 e. The second-order valence-corrected chi connectivity index (χ2v) is 7.37. The van der Waals surface area contributed by atoms with E-state index >= 15 is 0 Å². The molecule has 1 amide bonds. The summed E-state index contributed by atoms with van der Waals surface area (Å²) >= 11 is 3.52. The van der Waals surface area contributed by atoms with Gasteiger partial charge in [-0.15, -0.1) is 0 Å². The molecule has 3 rings (SSSR count). The summed E-state index contributed by atoms with van der Waals surface area (Å²) < 4.78 is 5.69. The van der Waals surface area contributed by atoms with E-state index in [1.807, 2.05) is 72.0 Å². The Bertz CT molecular complexity index is 978. The first kappa shape index (κ1) is 20.8. The Kier molecular flexibility index (Phi) is 7.16. The van der Waals surface area contributed by atoms with Gasteiger partial charge in [0.2, 0.25) is 0 Å². The van der Waals surface area contributed by atoms with Crippen LogP contribution in [0.3, 0.4) is 0 Å². The highest BCUT2D eigenvalue weighted by molar-refractivity contribution is 9.10. The summed E-state index contributed by atoms with van der Waals surface area (Å²) in [5.74, 6) is -0.496. The molecule has 3 N–H and O–H groups in total. The quantitative estimate of drug-likeness (QED) is 0.537. The minimum atomic E-state index is -0.309. The first-order chi connectivity index (χ1) is 14.1. The van der Waals surface area contributed by atoms with Crippen LogP contribution in [0.25, 0.3) is 0 Å². The van der Waals surface area contributed by atoms with Gasteiger partial charge in [0.15, 0.2) is 6.54 Å². The van der Waals surface area contributed by atoms with E-state index in [0.29, 0.717) is 11.3 Å². The number of carbonyl (C=O) groups excluding carboxylic acids is 2. The number of hydrogen-bond donors (Lipinski definition) is 2. The smallest absolute Gasteiger partial charge is 0.361 e. The minimum absolute atomic E-state index is 0.161. The lowest BCUT2D eigenvalue weighted by Gasteiger charge is -2.20. The third kappa shape index (κ3) is 5.53. The number of rotatable bonds is 7. The van der Waals surface area contributed by atoms with Crippen LogP contribution in [0, 0.1) is 0 Å². The zero-order chi connectivity index (χ0) is 20.6. The lowest BCUT2D eigenvalue weighted by atomic mass is 9.96. The van der Waals surface area contributed by atoms with Crippen LogP contribution in [0.2, 0.25) is 0 Å². The molecule has 5 nitrogen and oxygen atoms in total. The maximum absolute atomic E-state index is 12.7. The molecule has 0 saturated heterocycles. The average Bonchev–Trinajstić information content (AvgIpc) is 2.76. The Morgan fingerprint density at radius 1 is 1.00 bits per heavy atom. The van der Waals surface area contributed by atoms with Crippen molar-refractivity contribution in [2.45, 2.75) is 6.04 Å². The molecular weight excluding hydrogens is 432 g/mol. The van der Waals surface area contributed by atoms with E-state index in [4.69, 9.17) is 4.74 Å². The Hall–Kier alpha value is -2.96. The molecule has 0 fully saturated rings. The molecule has 148 valence electrons. The van der Waals surface area contributed by atoms with Crippen molar-refractivity contribution in [1.82, 2.24) is 0 Å². The molecule has 0 heterocycles. The van der Waals surface area contributed by atoms with Crippen molar-refractivity contribution in [2.24, 2.45) is 0 Å². The van der Waals surface area contributed by atoms with E-state index in [1.54, 1.807) is 12.1 Å². The van der Waals surface area contributed by atoms with Crippen LogP contribution >= 0.6 is 15.9 Å². The second-order valence-electron chi connectivity index (χ2n) is 6.46. The van der Waals surface area contributed by atoms with E-state index in [0.717, 1.165) is 15.6 Å². The van der Waals surface area contributed by atoms with Crippen LogP contribution in [-0.4, -0.2) is 25.5 Å². The number of ether oxygens (including phenoxy) is 1. The van der Waals surface area contributed by atoms with Gasteiger partial charge in [0.25, 0.3) is 5.91 Å². The number of amides is 1. The summed E-state index contributed by atoms with van der Waals surface area (Å²) in [6.45, 7) is 0.161. The number of quaternary nitrogens is 1. The van der Waals surface area contributed by atoms with Crippen LogP contribution in [0.4, 0.5) is 5.69 Å². The maximum Gasteiger partial charge on any atom is 0.361 e. The van der Waals surface area contributed by atoms with E-state index < -0.39 is 0 Å². The molecule has 0 bridgehead atoms. The molecular formula is C23H22BrN2O3+. The number of hydrogen-bond acceptors (Lipinski definition) is 3. The van der Waals surface area contributed by atoms with Crippen molar-refractivity contribution in [3.05, 3.63) is 100 Å². The number of anilines is 1. The molecule has 0 saturated carbocycles. The van der Waals surface area contributed by atoms with Gasteiger partial charge in [-0.3, -0.25) is 4.79 Å². The molecule has 0 aliphatic heterocycles. The van der Waals surface area contributed by atoms with Crippen molar-refractivity contribution < 1.29 is 19.6 Å². The van der Waals surface area contributed by atoms with Gasteiger partial charge in [-0.1, -0.05) is 64.5 Å². The Morgan fingerprint density at radius 3 is 2.31 bits per heavy atom. The van der Waals surface area contributed by atoms with Gasteiger partial charge in [0.1, 0.15) is 6.04 Å². The molecule has 1 atom stereocenters. The van der Waals surface area contributed by atoms with Crippen LogP contribution in [-0.2, 0) is 9.53 Å². The number of halogens is 1. The zero-order valence-electron chi connectivity index (χ0n) is 16.0. The molecule has 0 aliphatic rings. The normalized spacial score (nSPS) is 11.5. The SMILES string of the molecule is COC(=O)C[NH2+][C@H](c1ccccc1)c1cc(Br)ccc1NC(=O)c1ccccc1. The molecule has 0 radical (unpaired) electrons. The van der Waals surface area contributed by atoms with Crippen LogP contribution in [0.15, 0.2) is 83.3 Å². The van der Waals surface area contributed by atoms with Gasteiger partial charge >= 0.3 is 5.97 Å². The third-order valence-corrected chi connectivity index (χ3v) is 5.03. The second kappa shape index (κ2) is 10.0. The van der Waals surface area contributed by atoms with Crippen molar-refractivity contribution >= 4 is 33.5 Å². The van der Waals surface area contributed by atoms with E-state index in [2.05, 4.69) is 21.2 Å². The van der Waals surface area contributed by atoms with Crippen molar-refractivity contribution in [1.29, 1.82) is 0 Å². The topological polar surface area (TPSA) is 72.0 Å². The number of benzene rings is 3. The molecule has 0 spiro atoms. The predicted octanol–water partition coefficient (Wildman–Crippen LogP) is 3.53. The van der Waals surface area contributed by atoms with E-state index in [1.165, 1.54) is 7.11 Å². The van der Waals surface area contributed by atoms with E-state index in [-0.39, 0.29) is 24.5 Å². The molecule has 3 aromatic rings. The number of nitrogens with two attached hydrogens (primary N) is 1. The number of esters is 1. The molecule has 29 heavy (non-hydrogen) atoms. The first-order valence-corrected chi connectivity index (χ1v) is 9.98. The monoisotopic (exact) mass is 453 g/mol. The third-order valence-electron chi connectivity index (χ3n) is 4.54. The zero-order valence-corrected chi connectivity index (χ0v) is 17.6. The fourth-order valence-electron chi connectivity index (χ4n) is 3.09. The van der Waals surface area contributed by atoms with E-state index in [9.17, 15) is 9.59 Å². The molecule has 3 aromatic carbocycles. The Labute approximate surface area is 178 Å². The summed E-state index contributed by atoms with van der Waals surface area (Å²) in [6, 6.07) is 24.4. The van der Waals surface area contributed by atoms with Crippen molar-refractivity contribution in [3.63, 3.8) is 0 Å². The van der Waals surface area contributed by atoms with Gasteiger partial charge in [-0.25, -0.2) is 4.79 Å². The summed E-state index contributed by atoms with van der Waals surface area (Å²) in [5, 5.41) is 4.91. The van der Waals surface area contributed by atoms with Crippen molar-refractivity contribution in [2.75, 3.05) is 19.0 Å². The van der Waals surface area contributed by atoms with Gasteiger partial charge in [0, 0.05) is 21.2 Å². The number of carbonyl (C=O) groups is 2. The number of methoxy groups -OCH3 is 1. The number of nitrogens with one attached hydrogen (secondary N) is 1. The molecule has 0 unspecified atom stereocenters. The first-order valence-electron chi connectivity index (χ1n) is 9.19. The fourth-order valence-corrected chi connectivity index (χ4v) is 3.47. The van der Waals surface area contributed by atoms with Crippen molar-refractivity contribution in [3.8, 4) is 0 Å². The van der Waals surface area contributed by atoms with Gasteiger partial charge < -0.3 is 15.4 Å². The molecule has 0 aromatic heterocycles. The minimum Gasteiger partial charge on any atom is -0.465 e. The summed E-state index contributed by atoms with van der Waals surface area (Å²) in [7, 11) is 1.37. The van der Waals surface area contributed by atoms with Crippen LogP contribution < -0.4 is 10.6 Å². The van der Waals surface area contributed by atoms with Gasteiger partial charge in [-0.05, 0) is 30.3 Å². The van der Waals surface area contributed by atoms with Gasteiger partial charge in [0.05, 0.1) is 12.8 Å². The van der Waals surface area contributed by atoms with Crippen LogP contribution in [0.1, 0.15) is 27.5 Å². The fraction of sp³-hybridized carbons (Fsp3) is 0.130. The summed E-state index contributed by atoms with van der Waals surface area (Å²) in [6.07, 6.45) is 0. The predicted molar refractivity (Wildman–Crippen MR) is 116 cm³/mol. The summed E-state index contributed by atoms with van der Waals surface area (Å²) in [4.78, 5) is 24.5. The highest BCUT2D eigenvalue weighted by Crippen LogP contribution is 2.29. The Morgan fingerprint density at radius 2 is 1.66 bits per heavy atom. The molecule has 0 aliphatic carbocycles. The average molecular weight is 454 g/mol. The highest BCUT2D eigenvalue weighted by atomic mass is 79.9.